The van der Waals surface area contributed by atoms with E-state index in [1.165, 1.54) is 5.69 Å². The molecule has 1 saturated heterocycles. The van der Waals surface area contributed by atoms with E-state index in [9.17, 15) is 0 Å². The summed E-state index contributed by atoms with van der Waals surface area (Å²) in [6.07, 6.45) is 3.66. The van der Waals surface area contributed by atoms with Gasteiger partial charge in [-0.3, -0.25) is 4.40 Å². The minimum absolute atomic E-state index is 0.476. The predicted molar refractivity (Wildman–Crippen MR) is 120 cm³/mol. The van der Waals surface area contributed by atoms with Crippen molar-refractivity contribution in [3.05, 3.63) is 59.5 Å². The largest absolute Gasteiger partial charge is 0.369 e. The first-order valence-corrected chi connectivity index (χ1v) is 10.2. The highest BCUT2D eigenvalue weighted by molar-refractivity contribution is 6.33. The molecule has 6 nitrogen and oxygen atoms in total. The second-order valence-electron chi connectivity index (χ2n) is 7.64. The van der Waals surface area contributed by atoms with Crippen LogP contribution in [0.25, 0.3) is 16.6 Å². The van der Waals surface area contributed by atoms with Crippen LogP contribution >= 0.6 is 11.6 Å². The SMILES string of the molecule is Cc1cccc(Cl)c1Nc1nc2cc(N3CCN[C@H](C)C3)ccc2n2cncc12. The average Bonchev–Trinajstić information content (AvgIpc) is 3.21. The Morgan fingerprint density at radius 3 is 2.93 bits per heavy atom. The quantitative estimate of drug-likeness (QED) is 0.528. The summed E-state index contributed by atoms with van der Waals surface area (Å²) in [7, 11) is 0. The lowest BCUT2D eigenvalue weighted by molar-refractivity contribution is 0.485. The highest BCUT2D eigenvalue weighted by atomic mass is 35.5. The van der Waals surface area contributed by atoms with E-state index in [-0.39, 0.29) is 0 Å². The van der Waals surface area contributed by atoms with Gasteiger partial charge >= 0.3 is 0 Å². The summed E-state index contributed by atoms with van der Waals surface area (Å²) in [5, 5.41) is 7.61. The summed E-state index contributed by atoms with van der Waals surface area (Å²) < 4.78 is 2.07. The molecule has 148 valence electrons. The van der Waals surface area contributed by atoms with Crippen LogP contribution in [0.5, 0.6) is 0 Å². The standard InChI is InChI=1S/C22H23ClN6/c1-14-4-3-5-17(23)21(14)27-22-20-11-24-13-29(20)19-7-6-16(10-18(19)26-22)28-9-8-25-15(2)12-28/h3-7,10-11,13,15,25H,8-9,12H2,1-2H3,(H,26,27)/t15-/m1/s1. The topological polar surface area (TPSA) is 57.5 Å². The van der Waals surface area contributed by atoms with Crippen LogP contribution in [0.1, 0.15) is 12.5 Å². The number of nitrogens with zero attached hydrogens (tertiary/aromatic N) is 4. The van der Waals surface area contributed by atoms with E-state index in [4.69, 9.17) is 16.6 Å². The Hall–Kier alpha value is -2.83. The normalized spacial score (nSPS) is 17.2. The molecule has 0 spiro atoms. The maximum Gasteiger partial charge on any atom is 0.157 e. The van der Waals surface area contributed by atoms with Crippen molar-refractivity contribution in [1.29, 1.82) is 0 Å². The smallest absolute Gasteiger partial charge is 0.157 e. The molecule has 7 heteroatoms. The van der Waals surface area contributed by atoms with Crippen LogP contribution in [-0.2, 0) is 0 Å². The zero-order valence-corrected chi connectivity index (χ0v) is 17.2. The number of fused-ring (bicyclic) bond motifs is 3. The Morgan fingerprint density at radius 2 is 2.10 bits per heavy atom. The van der Waals surface area contributed by atoms with Gasteiger partial charge in [0.1, 0.15) is 5.52 Å². The fraction of sp³-hybridized carbons (Fsp3) is 0.273. The molecule has 5 rings (SSSR count). The molecule has 1 atom stereocenters. The Kier molecular flexibility index (Phi) is 4.53. The molecular formula is C22H23ClN6. The number of aryl methyl sites for hydroxylation is 1. The molecule has 4 aromatic rings. The number of para-hydroxylation sites is 1. The number of aromatic nitrogens is 3. The zero-order valence-electron chi connectivity index (χ0n) is 16.5. The van der Waals surface area contributed by atoms with Gasteiger partial charge in [0.2, 0.25) is 0 Å². The van der Waals surface area contributed by atoms with Crippen molar-refractivity contribution >= 4 is 45.3 Å². The van der Waals surface area contributed by atoms with Crippen LogP contribution in [0.3, 0.4) is 0 Å². The summed E-state index contributed by atoms with van der Waals surface area (Å²) in [6, 6.07) is 12.8. The molecule has 0 radical (unpaired) electrons. The summed E-state index contributed by atoms with van der Waals surface area (Å²) in [4.78, 5) is 11.7. The minimum atomic E-state index is 0.476. The second-order valence-corrected chi connectivity index (χ2v) is 8.05. The molecule has 0 unspecified atom stereocenters. The van der Waals surface area contributed by atoms with Gasteiger partial charge in [-0.25, -0.2) is 9.97 Å². The molecule has 0 aliphatic carbocycles. The molecule has 29 heavy (non-hydrogen) atoms. The van der Waals surface area contributed by atoms with Crippen molar-refractivity contribution in [3.8, 4) is 0 Å². The second kappa shape index (κ2) is 7.21. The van der Waals surface area contributed by atoms with Crippen LogP contribution < -0.4 is 15.5 Å². The number of hydrogen-bond acceptors (Lipinski definition) is 5. The van der Waals surface area contributed by atoms with Gasteiger partial charge in [-0.1, -0.05) is 23.7 Å². The van der Waals surface area contributed by atoms with Crippen LogP contribution in [0.2, 0.25) is 5.02 Å². The van der Waals surface area contributed by atoms with Crippen molar-refractivity contribution in [2.75, 3.05) is 29.9 Å². The van der Waals surface area contributed by atoms with Gasteiger partial charge in [0.05, 0.1) is 34.3 Å². The van der Waals surface area contributed by atoms with Gasteiger partial charge < -0.3 is 15.5 Å². The Morgan fingerprint density at radius 1 is 1.21 bits per heavy atom. The van der Waals surface area contributed by atoms with E-state index in [0.29, 0.717) is 11.1 Å². The van der Waals surface area contributed by atoms with E-state index in [2.05, 4.69) is 50.0 Å². The van der Waals surface area contributed by atoms with E-state index in [1.54, 1.807) is 0 Å². The lowest BCUT2D eigenvalue weighted by Gasteiger charge is -2.33. The van der Waals surface area contributed by atoms with Gasteiger partial charge in [-0.2, -0.15) is 0 Å². The molecular weight excluding hydrogens is 384 g/mol. The molecule has 2 N–H and O–H groups in total. The first-order chi connectivity index (χ1) is 14.1. The monoisotopic (exact) mass is 406 g/mol. The minimum Gasteiger partial charge on any atom is -0.369 e. The average molecular weight is 407 g/mol. The molecule has 1 fully saturated rings. The molecule has 2 aromatic carbocycles. The van der Waals surface area contributed by atoms with Crippen molar-refractivity contribution in [3.63, 3.8) is 0 Å². The first-order valence-electron chi connectivity index (χ1n) is 9.86. The third-order valence-electron chi connectivity index (χ3n) is 5.53. The number of nitrogens with one attached hydrogen (secondary N) is 2. The number of anilines is 3. The van der Waals surface area contributed by atoms with E-state index in [0.717, 1.165) is 53.3 Å². The highest BCUT2D eigenvalue weighted by Gasteiger charge is 2.18. The van der Waals surface area contributed by atoms with Crippen LogP contribution in [0.4, 0.5) is 17.2 Å². The first kappa shape index (κ1) is 18.2. The van der Waals surface area contributed by atoms with Gasteiger partial charge in [-0.15, -0.1) is 0 Å². The van der Waals surface area contributed by atoms with E-state index < -0.39 is 0 Å². The number of piperazine rings is 1. The zero-order chi connectivity index (χ0) is 20.0. The predicted octanol–water partition coefficient (Wildman–Crippen LogP) is 4.39. The number of hydrogen-bond donors (Lipinski definition) is 2. The maximum atomic E-state index is 6.44. The van der Waals surface area contributed by atoms with Gasteiger partial charge in [-0.05, 0) is 43.7 Å². The molecule has 0 bridgehead atoms. The number of imidazole rings is 1. The third kappa shape index (κ3) is 3.28. The fourth-order valence-electron chi connectivity index (χ4n) is 4.01. The number of benzene rings is 2. The molecule has 1 aliphatic rings. The van der Waals surface area contributed by atoms with Crippen molar-refractivity contribution in [2.45, 2.75) is 19.9 Å². The van der Waals surface area contributed by atoms with Crippen LogP contribution in [-0.4, -0.2) is 40.0 Å². The van der Waals surface area contributed by atoms with E-state index >= 15 is 0 Å². The number of rotatable bonds is 3. The van der Waals surface area contributed by atoms with Crippen molar-refractivity contribution < 1.29 is 0 Å². The Bertz CT molecular complexity index is 1180. The lowest BCUT2D eigenvalue weighted by Crippen LogP contribution is -2.49. The van der Waals surface area contributed by atoms with E-state index in [1.807, 2.05) is 37.6 Å². The Labute approximate surface area is 174 Å². The summed E-state index contributed by atoms with van der Waals surface area (Å²) >= 11 is 6.44. The van der Waals surface area contributed by atoms with Crippen LogP contribution in [0, 0.1) is 6.92 Å². The molecule has 2 aromatic heterocycles. The molecule has 0 amide bonds. The lowest BCUT2D eigenvalue weighted by atomic mass is 10.2. The van der Waals surface area contributed by atoms with Crippen LogP contribution in [0.15, 0.2) is 48.9 Å². The fourth-order valence-corrected chi connectivity index (χ4v) is 4.28. The van der Waals surface area contributed by atoms with Crippen molar-refractivity contribution in [2.24, 2.45) is 0 Å². The van der Waals surface area contributed by atoms with Crippen molar-refractivity contribution in [1.82, 2.24) is 19.7 Å². The van der Waals surface area contributed by atoms with Gasteiger partial charge in [0.15, 0.2) is 5.82 Å². The molecule has 3 heterocycles. The highest BCUT2D eigenvalue weighted by Crippen LogP contribution is 2.32. The van der Waals surface area contributed by atoms with Gasteiger partial charge in [0, 0.05) is 31.4 Å². The Balaban J connectivity index is 1.62. The van der Waals surface area contributed by atoms with Gasteiger partial charge in [0.25, 0.3) is 0 Å². The number of halogens is 1. The third-order valence-corrected chi connectivity index (χ3v) is 5.85. The maximum absolute atomic E-state index is 6.44. The summed E-state index contributed by atoms with van der Waals surface area (Å²) in [6.45, 7) is 7.22. The summed E-state index contributed by atoms with van der Waals surface area (Å²) in [5.41, 5.74) is 6.01. The summed E-state index contributed by atoms with van der Waals surface area (Å²) in [5.74, 6) is 0.747. The molecule has 1 aliphatic heterocycles. The molecule has 0 saturated carbocycles.